The highest BCUT2D eigenvalue weighted by molar-refractivity contribution is 7.89. The van der Waals surface area contributed by atoms with Gasteiger partial charge in [-0.05, 0) is 61.6 Å². The zero-order valence-electron chi connectivity index (χ0n) is 18.3. The summed E-state index contributed by atoms with van der Waals surface area (Å²) in [5.74, 6) is -0.293. The molecule has 4 rings (SSSR count). The van der Waals surface area contributed by atoms with Crippen LogP contribution >= 0.6 is 0 Å². The Kier molecular flexibility index (Phi) is 6.57. The number of hydrogen-bond donors (Lipinski definition) is 0. The minimum absolute atomic E-state index is 0.0536. The topological polar surface area (TPSA) is 103 Å². The zero-order valence-corrected chi connectivity index (χ0v) is 19.1. The Bertz CT molecular complexity index is 1250. The molecule has 0 spiro atoms. The van der Waals surface area contributed by atoms with Crippen molar-refractivity contribution < 1.29 is 26.9 Å². The van der Waals surface area contributed by atoms with Gasteiger partial charge in [-0.1, -0.05) is 24.2 Å². The van der Waals surface area contributed by atoms with Crippen LogP contribution in [0.1, 0.15) is 41.6 Å². The Morgan fingerprint density at radius 1 is 1.18 bits per heavy atom. The van der Waals surface area contributed by atoms with Crippen LogP contribution in [0.2, 0.25) is 0 Å². The predicted molar refractivity (Wildman–Crippen MR) is 117 cm³/mol. The lowest BCUT2D eigenvalue weighted by Crippen LogP contribution is -2.37. The zero-order chi connectivity index (χ0) is 23.6. The summed E-state index contributed by atoms with van der Waals surface area (Å²) in [5.41, 5.74) is 1.14. The van der Waals surface area contributed by atoms with Crippen LogP contribution in [0, 0.1) is 18.7 Å². The van der Waals surface area contributed by atoms with Crippen molar-refractivity contribution in [1.29, 1.82) is 0 Å². The van der Waals surface area contributed by atoms with E-state index in [1.807, 2.05) is 0 Å². The molecule has 1 saturated heterocycles. The maximum atomic E-state index is 13.7. The van der Waals surface area contributed by atoms with E-state index in [1.165, 1.54) is 34.6 Å². The van der Waals surface area contributed by atoms with Gasteiger partial charge in [0.2, 0.25) is 15.8 Å². The van der Waals surface area contributed by atoms with Gasteiger partial charge in [0.25, 0.3) is 5.89 Å². The molecule has 0 radical (unpaired) electrons. The second-order valence-electron chi connectivity index (χ2n) is 8.16. The summed E-state index contributed by atoms with van der Waals surface area (Å²) >= 11 is 0. The van der Waals surface area contributed by atoms with Gasteiger partial charge < -0.3 is 9.26 Å². The molecule has 2 heterocycles. The number of aromatic nitrogens is 2. The molecule has 0 amide bonds. The molecule has 0 aliphatic carbocycles. The summed E-state index contributed by atoms with van der Waals surface area (Å²) in [7, 11) is -3.59. The van der Waals surface area contributed by atoms with Crippen molar-refractivity contribution in [2.75, 3.05) is 13.1 Å². The van der Waals surface area contributed by atoms with Crippen LogP contribution in [0.5, 0.6) is 0 Å². The van der Waals surface area contributed by atoms with Crippen LogP contribution < -0.4 is 0 Å². The van der Waals surface area contributed by atoms with Crippen LogP contribution in [0.4, 0.5) is 4.39 Å². The summed E-state index contributed by atoms with van der Waals surface area (Å²) in [6.45, 7) is 4.48. The molecule has 10 heteroatoms. The molecule has 174 valence electrons. The Labute approximate surface area is 191 Å². The van der Waals surface area contributed by atoms with Crippen molar-refractivity contribution in [3.63, 3.8) is 0 Å². The van der Waals surface area contributed by atoms with E-state index < -0.39 is 16.0 Å². The third kappa shape index (κ3) is 5.12. The number of piperidine rings is 1. The van der Waals surface area contributed by atoms with E-state index in [4.69, 9.17) is 9.26 Å². The lowest BCUT2D eigenvalue weighted by atomic mass is 10.0. The summed E-state index contributed by atoms with van der Waals surface area (Å²) in [6.07, 6.45) is 1.67. The third-order valence-electron chi connectivity index (χ3n) is 5.70. The first kappa shape index (κ1) is 23.1. The number of hydrogen-bond acceptors (Lipinski definition) is 7. The van der Waals surface area contributed by atoms with E-state index >= 15 is 0 Å². The summed E-state index contributed by atoms with van der Waals surface area (Å²) in [4.78, 5) is 16.6. The minimum atomic E-state index is -3.59. The first-order valence-electron chi connectivity index (χ1n) is 10.6. The van der Waals surface area contributed by atoms with Gasteiger partial charge in [0.1, 0.15) is 5.82 Å². The van der Waals surface area contributed by atoms with Crippen LogP contribution in [-0.4, -0.2) is 41.9 Å². The van der Waals surface area contributed by atoms with Crippen LogP contribution in [0.15, 0.2) is 51.9 Å². The van der Waals surface area contributed by atoms with Crippen molar-refractivity contribution in [2.45, 2.75) is 38.2 Å². The third-order valence-corrected chi connectivity index (χ3v) is 7.61. The Morgan fingerprint density at radius 3 is 2.55 bits per heavy atom. The average Bonchev–Trinajstić information content (AvgIpc) is 3.29. The molecule has 0 N–H and O–H groups in total. The molecule has 1 aromatic heterocycles. The Hall–Kier alpha value is -3.11. The fourth-order valence-electron chi connectivity index (χ4n) is 3.51. The maximum Gasteiger partial charge on any atom is 0.338 e. The van der Waals surface area contributed by atoms with Crippen molar-refractivity contribution in [3.8, 4) is 11.4 Å². The van der Waals surface area contributed by atoms with E-state index in [-0.39, 0.29) is 34.6 Å². The SMILES string of the molecule is Cc1ccc(-c2noc(COC(=O)c3ccc(S(=O)(=O)N4CCC(C)CC4)cc3)n2)cc1F. The van der Waals surface area contributed by atoms with E-state index in [1.54, 1.807) is 19.1 Å². The Morgan fingerprint density at radius 2 is 1.88 bits per heavy atom. The number of sulfonamides is 1. The quantitative estimate of drug-likeness (QED) is 0.499. The lowest BCUT2D eigenvalue weighted by molar-refractivity contribution is 0.0429. The van der Waals surface area contributed by atoms with Gasteiger partial charge in [-0.25, -0.2) is 17.6 Å². The summed E-state index contributed by atoms with van der Waals surface area (Å²) < 4.78 is 51.1. The maximum absolute atomic E-state index is 13.7. The normalized spacial score (nSPS) is 15.5. The molecule has 3 aromatic rings. The molecule has 0 unspecified atom stereocenters. The number of halogens is 1. The van der Waals surface area contributed by atoms with Gasteiger partial charge in [-0.3, -0.25) is 0 Å². The highest BCUT2D eigenvalue weighted by Crippen LogP contribution is 2.24. The van der Waals surface area contributed by atoms with Gasteiger partial charge in [-0.15, -0.1) is 0 Å². The minimum Gasteiger partial charge on any atom is -0.452 e. The fourth-order valence-corrected chi connectivity index (χ4v) is 4.98. The number of aryl methyl sites for hydroxylation is 1. The Balaban J connectivity index is 1.37. The molecule has 1 aliphatic heterocycles. The highest BCUT2D eigenvalue weighted by Gasteiger charge is 2.28. The molecule has 2 aromatic carbocycles. The van der Waals surface area contributed by atoms with E-state index in [0.29, 0.717) is 30.1 Å². The van der Waals surface area contributed by atoms with Gasteiger partial charge in [0.05, 0.1) is 10.5 Å². The number of carbonyl (C=O) groups is 1. The van der Waals surface area contributed by atoms with Crippen molar-refractivity contribution in [2.24, 2.45) is 5.92 Å². The number of benzene rings is 2. The van der Waals surface area contributed by atoms with E-state index in [2.05, 4.69) is 17.1 Å². The summed E-state index contributed by atoms with van der Waals surface area (Å²) in [6, 6.07) is 10.2. The molecule has 1 fully saturated rings. The predicted octanol–water partition coefficient (Wildman–Crippen LogP) is 3.96. The first-order chi connectivity index (χ1) is 15.7. The molecule has 0 atom stereocenters. The number of esters is 1. The van der Waals surface area contributed by atoms with Gasteiger partial charge >= 0.3 is 5.97 Å². The number of nitrogens with zero attached hydrogens (tertiary/aromatic N) is 3. The monoisotopic (exact) mass is 473 g/mol. The van der Waals surface area contributed by atoms with Gasteiger partial charge in [-0.2, -0.15) is 9.29 Å². The molecule has 33 heavy (non-hydrogen) atoms. The number of rotatable bonds is 6. The standard InChI is InChI=1S/C23H24FN3O5S/c1-15-9-11-27(12-10-15)33(29,30)19-7-5-17(6-8-19)23(28)31-14-21-25-22(26-32-21)18-4-3-16(2)20(24)13-18/h3-8,13,15H,9-12,14H2,1-2H3. The van der Waals surface area contributed by atoms with Crippen LogP contribution in [-0.2, 0) is 21.4 Å². The lowest BCUT2D eigenvalue weighted by Gasteiger charge is -2.29. The average molecular weight is 474 g/mol. The van der Waals surface area contributed by atoms with Crippen molar-refractivity contribution >= 4 is 16.0 Å². The van der Waals surface area contributed by atoms with Crippen LogP contribution in [0.25, 0.3) is 11.4 Å². The van der Waals surface area contributed by atoms with Crippen molar-refractivity contribution in [3.05, 3.63) is 65.3 Å². The second-order valence-corrected chi connectivity index (χ2v) is 10.1. The van der Waals surface area contributed by atoms with Gasteiger partial charge in [0.15, 0.2) is 6.61 Å². The molecular weight excluding hydrogens is 449 g/mol. The molecular formula is C23H24FN3O5S. The molecule has 8 nitrogen and oxygen atoms in total. The van der Waals surface area contributed by atoms with Crippen LogP contribution in [0.3, 0.4) is 0 Å². The number of ether oxygens (including phenoxy) is 1. The molecule has 1 aliphatic rings. The largest absolute Gasteiger partial charge is 0.452 e. The smallest absolute Gasteiger partial charge is 0.338 e. The van der Waals surface area contributed by atoms with Crippen molar-refractivity contribution in [1.82, 2.24) is 14.4 Å². The van der Waals surface area contributed by atoms with E-state index in [0.717, 1.165) is 12.8 Å². The second kappa shape index (κ2) is 9.40. The highest BCUT2D eigenvalue weighted by atomic mass is 32.2. The summed E-state index contributed by atoms with van der Waals surface area (Å²) in [5, 5.41) is 3.78. The molecule has 0 saturated carbocycles. The number of carbonyl (C=O) groups excluding carboxylic acids is 1. The molecule has 0 bridgehead atoms. The van der Waals surface area contributed by atoms with Gasteiger partial charge in [0, 0.05) is 18.7 Å². The fraction of sp³-hybridized carbons (Fsp3) is 0.348. The van der Waals surface area contributed by atoms with E-state index in [9.17, 15) is 17.6 Å². The first-order valence-corrected chi connectivity index (χ1v) is 12.0.